The maximum absolute atomic E-state index is 12.7. The number of fused-ring (bicyclic) bond motifs is 1. The van der Waals surface area contributed by atoms with Crippen molar-refractivity contribution < 1.29 is 34.0 Å². The lowest BCUT2D eigenvalue weighted by Crippen LogP contribution is -2.63. The van der Waals surface area contributed by atoms with Gasteiger partial charge in [0.1, 0.15) is 18.3 Å². The number of aliphatic hydroxyl groups excluding tert-OH is 2. The molecule has 1 aromatic rings. The number of aliphatic hydroxyl groups is 2. The first-order chi connectivity index (χ1) is 12.9. The van der Waals surface area contributed by atoms with Crippen LogP contribution < -0.4 is 5.32 Å². The van der Waals surface area contributed by atoms with Crippen molar-refractivity contribution in [2.24, 2.45) is 0 Å². The fourth-order valence-electron chi connectivity index (χ4n) is 3.36. The van der Waals surface area contributed by atoms with Gasteiger partial charge in [-0.3, -0.25) is 0 Å². The van der Waals surface area contributed by atoms with Crippen LogP contribution in [0.4, 0.5) is 4.79 Å². The Balaban J connectivity index is 1.97. The molecule has 0 aromatic heterocycles. The molecule has 0 bridgehead atoms. The van der Waals surface area contributed by atoms with Gasteiger partial charge in [-0.15, -0.1) is 0 Å². The number of hydrogen-bond donors (Lipinski definition) is 3. The van der Waals surface area contributed by atoms with E-state index in [9.17, 15) is 19.8 Å². The summed E-state index contributed by atoms with van der Waals surface area (Å²) in [4.78, 5) is 23.7. The quantitative estimate of drug-likeness (QED) is 0.610. The van der Waals surface area contributed by atoms with Crippen molar-refractivity contribution in [1.82, 2.24) is 5.32 Å². The first kappa shape index (κ1) is 19.9. The monoisotopic (exact) mass is 397 g/mol. The van der Waals surface area contributed by atoms with Gasteiger partial charge in [0.05, 0.1) is 19.3 Å². The Hall–Kier alpha value is -1.81. The molecule has 6 atom stereocenters. The number of methoxy groups -OCH3 is 1. The highest BCUT2D eigenvalue weighted by Crippen LogP contribution is 2.46. The Morgan fingerprint density at radius 1 is 1.41 bits per heavy atom. The number of rotatable bonds is 6. The third-order valence-corrected chi connectivity index (χ3v) is 6.03. The topological polar surface area (TPSA) is 114 Å². The Bertz CT molecular complexity index is 688. The van der Waals surface area contributed by atoms with E-state index in [0.717, 1.165) is 16.7 Å². The van der Waals surface area contributed by atoms with Crippen LogP contribution in [0, 0.1) is 0 Å². The minimum atomic E-state index is -1.53. The van der Waals surface area contributed by atoms with Crippen molar-refractivity contribution >= 4 is 23.8 Å². The van der Waals surface area contributed by atoms with Crippen LogP contribution in [0.1, 0.15) is 19.8 Å². The second kappa shape index (κ2) is 8.05. The second-order valence-corrected chi connectivity index (χ2v) is 7.86. The van der Waals surface area contributed by atoms with Crippen molar-refractivity contribution in [2.45, 2.75) is 60.1 Å². The molecule has 2 aliphatic rings. The number of hydrogen-bond acceptors (Lipinski definition) is 8. The Morgan fingerprint density at radius 2 is 2.11 bits per heavy atom. The number of alkyl carbamates (subject to hydrolysis) is 1. The molecule has 2 heterocycles. The van der Waals surface area contributed by atoms with Crippen molar-refractivity contribution in [1.29, 1.82) is 0 Å². The van der Waals surface area contributed by atoms with Gasteiger partial charge in [0, 0.05) is 11.3 Å². The van der Waals surface area contributed by atoms with Crippen molar-refractivity contribution in [3.05, 3.63) is 30.3 Å². The molecule has 9 heteroatoms. The fourth-order valence-corrected chi connectivity index (χ4v) is 4.61. The summed E-state index contributed by atoms with van der Waals surface area (Å²) in [5.74, 6) is -0.652. The van der Waals surface area contributed by atoms with E-state index in [1.807, 2.05) is 30.3 Å². The number of amides is 1. The lowest BCUT2D eigenvalue weighted by Gasteiger charge is -2.44. The summed E-state index contributed by atoms with van der Waals surface area (Å²) in [6.07, 6.45) is -4.46. The molecule has 0 aliphatic carbocycles. The van der Waals surface area contributed by atoms with E-state index < -0.39 is 47.5 Å². The van der Waals surface area contributed by atoms with E-state index in [4.69, 9.17) is 14.2 Å². The molecule has 2 fully saturated rings. The van der Waals surface area contributed by atoms with E-state index >= 15 is 0 Å². The molecule has 2 saturated heterocycles. The molecular formula is C18H23NO7S. The first-order valence-electron chi connectivity index (χ1n) is 8.73. The van der Waals surface area contributed by atoms with Crippen LogP contribution in [-0.2, 0) is 19.0 Å². The summed E-state index contributed by atoms with van der Waals surface area (Å²) in [6, 6.07) is 8.45. The van der Waals surface area contributed by atoms with E-state index in [0.29, 0.717) is 0 Å². The summed E-state index contributed by atoms with van der Waals surface area (Å²) >= 11 is 1.13. The van der Waals surface area contributed by atoms with Crippen LogP contribution in [0.2, 0.25) is 0 Å². The van der Waals surface area contributed by atoms with Crippen molar-refractivity contribution in [3.63, 3.8) is 0 Å². The van der Waals surface area contributed by atoms with Crippen LogP contribution in [0.5, 0.6) is 0 Å². The van der Waals surface area contributed by atoms with Crippen LogP contribution >= 0.6 is 11.8 Å². The minimum Gasteiger partial charge on any atom is -0.466 e. The number of ether oxygens (including phenoxy) is 3. The van der Waals surface area contributed by atoms with Gasteiger partial charge >= 0.3 is 12.1 Å². The molecule has 1 amide bonds. The lowest BCUT2D eigenvalue weighted by molar-refractivity contribution is -0.197. The zero-order chi connectivity index (χ0) is 19.6. The van der Waals surface area contributed by atoms with Gasteiger partial charge in [-0.1, -0.05) is 36.9 Å². The Kier molecular flexibility index (Phi) is 5.95. The molecule has 0 radical (unpaired) electrons. The zero-order valence-electron chi connectivity index (χ0n) is 15.0. The van der Waals surface area contributed by atoms with Gasteiger partial charge in [-0.25, -0.2) is 9.59 Å². The highest BCUT2D eigenvalue weighted by atomic mass is 32.2. The van der Waals surface area contributed by atoms with Gasteiger partial charge in [-0.2, -0.15) is 0 Å². The zero-order valence-corrected chi connectivity index (χ0v) is 15.8. The molecule has 1 unspecified atom stereocenters. The second-order valence-electron chi connectivity index (χ2n) is 6.53. The molecule has 1 aromatic carbocycles. The summed E-state index contributed by atoms with van der Waals surface area (Å²) in [5.41, 5.74) is 0. The molecule has 148 valence electrons. The van der Waals surface area contributed by atoms with Crippen LogP contribution in [0.15, 0.2) is 35.2 Å². The molecule has 3 rings (SSSR count). The maximum Gasteiger partial charge on any atom is 0.407 e. The van der Waals surface area contributed by atoms with Gasteiger partial charge in [0.15, 0.2) is 0 Å². The van der Waals surface area contributed by atoms with E-state index in [1.54, 1.807) is 6.92 Å². The molecular weight excluding hydrogens is 374 g/mol. The third-order valence-electron chi connectivity index (χ3n) is 4.77. The van der Waals surface area contributed by atoms with Gasteiger partial charge < -0.3 is 29.7 Å². The molecule has 0 spiro atoms. The molecule has 0 saturated carbocycles. The van der Waals surface area contributed by atoms with E-state index in [1.165, 1.54) is 7.11 Å². The molecule has 3 N–H and O–H groups in total. The number of carbonyl (C=O) groups is 2. The van der Waals surface area contributed by atoms with Crippen molar-refractivity contribution in [3.8, 4) is 0 Å². The SMILES string of the molecule is CC[C@@H](O)[C@@H](O)C1O[C@](Sc2ccccc2)(C(=O)OC)C[C@H]2OC(=O)N[C@@H]12. The van der Waals surface area contributed by atoms with Crippen LogP contribution in [-0.4, -0.2) is 64.8 Å². The average Bonchev–Trinajstić information content (AvgIpc) is 3.05. The predicted octanol–water partition coefficient (Wildman–Crippen LogP) is 1.05. The largest absolute Gasteiger partial charge is 0.466 e. The van der Waals surface area contributed by atoms with E-state index in [-0.39, 0.29) is 12.8 Å². The maximum atomic E-state index is 12.7. The molecule has 8 nitrogen and oxygen atoms in total. The highest BCUT2D eigenvalue weighted by molar-refractivity contribution is 8.01. The summed E-state index contributed by atoms with van der Waals surface area (Å²) < 4.78 is 16.3. The number of nitrogens with one attached hydrogen (secondary N) is 1. The highest BCUT2D eigenvalue weighted by Gasteiger charge is 2.59. The van der Waals surface area contributed by atoms with Crippen LogP contribution in [0.25, 0.3) is 0 Å². The summed E-state index contributed by atoms with van der Waals surface area (Å²) in [7, 11) is 1.25. The predicted molar refractivity (Wildman–Crippen MR) is 96.0 cm³/mol. The Morgan fingerprint density at radius 3 is 2.74 bits per heavy atom. The fraction of sp³-hybridized carbons (Fsp3) is 0.556. The lowest BCUT2D eigenvalue weighted by atomic mass is 9.90. The molecule has 27 heavy (non-hydrogen) atoms. The molecule has 2 aliphatic heterocycles. The minimum absolute atomic E-state index is 0.0497. The van der Waals surface area contributed by atoms with Crippen LogP contribution in [0.3, 0.4) is 0 Å². The normalized spacial score (nSPS) is 32.0. The third kappa shape index (κ3) is 3.91. The average molecular weight is 397 g/mol. The Labute approximate surface area is 161 Å². The van der Waals surface area contributed by atoms with Crippen molar-refractivity contribution in [2.75, 3.05) is 7.11 Å². The number of carbonyl (C=O) groups excluding carboxylic acids is 2. The summed E-state index contributed by atoms with van der Waals surface area (Å²) in [6.45, 7) is 1.71. The van der Waals surface area contributed by atoms with Gasteiger partial charge in [-0.05, 0) is 18.6 Å². The van der Waals surface area contributed by atoms with E-state index in [2.05, 4.69) is 5.32 Å². The van der Waals surface area contributed by atoms with Gasteiger partial charge in [0.25, 0.3) is 0 Å². The number of benzene rings is 1. The summed E-state index contributed by atoms with van der Waals surface area (Å²) in [5, 5.41) is 23.3. The standard InChI is InChI=1S/C18H23NO7S/c1-3-11(20)14(21)15-13-12(25-17(23)19-13)9-18(26-15,16(22)24-2)27-10-7-5-4-6-8-10/h4-8,11-15,20-21H,3,9H2,1-2H3,(H,19,23)/t11-,12-,13-,14-,15?,18-/m1/s1. The first-order valence-corrected chi connectivity index (χ1v) is 9.55. The van der Waals surface area contributed by atoms with Gasteiger partial charge in [0.2, 0.25) is 4.93 Å². The number of thioether (sulfide) groups is 1. The smallest absolute Gasteiger partial charge is 0.407 e. The number of esters is 1.